The van der Waals surface area contributed by atoms with E-state index in [9.17, 15) is 13.2 Å². The van der Waals surface area contributed by atoms with Crippen LogP contribution in [-0.4, -0.2) is 47.2 Å². The number of nitrogen functional groups attached to an aromatic ring is 1. The van der Waals surface area contributed by atoms with Gasteiger partial charge in [-0.25, -0.2) is 15.0 Å². The van der Waals surface area contributed by atoms with E-state index in [0.29, 0.717) is 5.82 Å². The zero-order valence-corrected chi connectivity index (χ0v) is 21.7. The van der Waals surface area contributed by atoms with Crippen LogP contribution in [0.15, 0.2) is 49.3 Å². The van der Waals surface area contributed by atoms with Crippen LogP contribution in [0.4, 0.5) is 36.2 Å². The van der Waals surface area contributed by atoms with E-state index < -0.39 is 11.7 Å². The first-order valence-electron chi connectivity index (χ1n) is 13.2. The number of anilines is 4. The minimum Gasteiger partial charge on any atom is -0.382 e. The van der Waals surface area contributed by atoms with E-state index in [4.69, 9.17) is 11.5 Å². The molecular weight excluding hydrogens is 505 g/mol. The quantitative estimate of drug-likeness (QED) is 0.396. The Kier molecular flexibility index (Phi) is 7.60. The number of nitrogens with one attached hydrogen (secondary N) is 1. The molecule has 0 saturated carbocycles. The number of nitrogens with two attached hydrogens (primary N) is 2. The largest absolute Gasteiger partial charge is 0.417 e. The van der Waals surface area contributed by atoms with Crippen molar-refractivity contribution < 1.29 is 13.2 Å². The van der Waals surface area contributed by atoms with Gasteiger partial charge in [0.15, 0.2) is 11.6 Å². The van der Waals surface area contributed by atoms with Crippen LogP contribution in [-0.2, 0) is 6.18 Å². The van der Waals surface area contributed by atoms with Gasteiger partial charge in [0.2, 0.25) is 0 Å². The van der Waals surface area contributed by atoms with Gasteiger partial charge in [-0.3, -0.25) is 0 Å². The Labute approximate surface area is 225 Å². The molecule has 2 saturated heterocycles. The second-order valence-electron chi connectivity index (χ2n) is 10.1. The summed E-state index contributed by atoms with van der Waals surface area (Å²) in [6.07, 6.45) is 3.24. The molecule has 5 N–H and O–H groups in total. The SMILES string of the molecule is C=C(Nc1ncccc1N1CCC(N)CC1)c1nc(-c2cc(N3CCCCC3)ccc2C(F)(F)F)cnc1N. The standard InChI is InChI=1S/C28H33F3N8/c1-18(36-27-24(6-5-11-34-27)39-14-9-19(32)10-15-39)25-26(33)35-17-23(37-25)21-16-20(38-12-3-2-4-13-38)7-8-22(21)28(29,30)31/h5-8,11,16-17,19H,1-4,9-10,12-15,32H2,(H2,33,35)(H,34,36). The molecule has 2 aromatic heterocycles. The zero-order valence-electron chi connectivity index (χ0n) is 21.7. The molecule has 0 bridgehead atoms. The molecule has 4 heterocycles. The van der Waals surface area contributed by atoms with Gasteiger partial charge < -0.3 is 26.6 Å². The Hall–Kier alpha value is -3.86. The predicted octanol–water partition coefficient (Wildman–Crippen LogP) is 5.14. The molecular formula is C28H33F3N8. The van der Waals surface area contributed by atoms with Gasteiger partial charge in [-0.05, 0) is 62.4 Å². The first kappa shape index (κ1) is 26.7. The minimum absolute atomic E-state index is 0.0460. The van der Waals surface area contributed by atoms with Crippen LogP contribution in [0.1, 0.15) is 43.4 Å². The maximum Gasteiger partial charge on any atom is 0.417 e. The summed E-state index contributed by atoms with van der Waals surface area (Å²) in [6, 6.07) is 8.17. The van der Waals surface area contributed by atoms with E-state index in [1.54, 1.807) is 12.3 Å². The van der Waals surface area contributed by atoms with Gasteiger partial charge in [0, 0.05) is 49.7 Å². The molecule has 0 spiro atoms. The Morgan fingerprint density at radius 3 is 2.46 bits per heavy atom. The summed E-state index contributed by atoms with van der Waals surface area (Å²) in [6.45, 7) is 7.27. The molecule has 2 aliphatic heterocycles. The highest BCUT2D eigenvalue weighted by molar-refractivity contribution is 5.83. The van der Waals surface area contributed by atoms with Gasteiger partial charge in [-0.2, -0.15) is 13.2 Å². The second kappa shape index (κ2) is 11.1. The van der Waals surface area contributed by atoms with Gasteiger partial charge in [0.25, 0.3) is 0 Å². The molecule has 0 unspecified atom stereocenters. The third-order valence-corrected chi connectivity index (χ3v) is 7.33. The number of piperidine rings is 2. The lowest BCUT2D eigenvalue weighted by Crippen LogP contribution is -2.40. The summed E-state index contributed by atoms with van der Waals surface area (Å²) in [7, 11) is 0. The van der Waals surface area contributed by atoms with E-state index in [1.807, 2.05) is 12.1 Å². The molecule has 1 aromatic carbocycles. The molecule has 206 valence electrons. The summed E-state index contributed by atoms with van der Waals surface area (Å²) in [5, 5.41) is 3.17. The normalized spacial score (nSPS) is 16.8. The first-order chi connectivity index (χ1) is 18.7. The Morgan fingerprint density at radius 1 is 1.00 bits per heavy atom. The smallest absolute Gasteiger partial charge is 0.382 e. The van der Waals surface area contributed by atoms with E-state index in [2.05, 4.69) is 36.6 Å². The number of halogens is 3. The van der Waals surface area contributed by atoms with Crippen molar-refractivity contribution in [3.8, 4) is 11.3 Å². The van der Waals surface area contributed by atoms with Gasteiger partial charge in [0.1, 0.15) is 5.69 Å². The highest BCUT2D eigenvalue weighted by Gasteiger charge is 2.35. The lowest BCUT2D eigenvalue weighted by atomic mass is 10.0. The zero-order chi connectivity index (χ0) is 27.6. The van der Waals surface area contributed by atoms with Crippen LogP contribution in [0.5, 0.6) is 0 Å². The van der Waals surface area contributed by atoms with Crippen molar-refractivity contribution in [3.05, 3.63) is 60.6 Å². The summed E-state index contributed by atoms with van der Waals surface area (Å²) < 4.78 is 42.1. The third kappa shape index (κ3) is 5.93. The first-order valence-corrected chi connectivity index (χ1v) is 13.2. The van der Waals surface area contributed by atoms with E-state index in [0.717, 1.165) is 75.7 Å². The Morgan fingerprint density at radius 2 is 1.74 bits per heavy atom. The van der Waals surface area contributed by atoms with Gasteiger partial charge in [-0.15, -0.1) is 0 Å². The second-order valence-corrected chi connectivity index (χ2v) is 10.1. The number of alkyl halides is 3. The third-order valence-electron chi connectivity index (χ3n) is 7.33. The van der Waals surface area contributed by atoms with Crippen molar-refractivity contribution >= 4 is 28.7 Å². The fraction of sp³-hybridized carbons (Fsp3) is 0.393. The minimum atomic E-state index is -4.56. The van der Waals surface area contributed by atoms with E-state index in [-0.39, 0.29) is 34.5 Å². The van der Waals surface area contributed by atoms with E-state index >= 15 is 0 Å². The molecule has 0 atom stereocenters. The number of nitrogens with zero attached hydrogens (tertiary/aromatic N) is 5. The number of hydrogen-bond acceptors (Lipinski definition) is 8. The van der Waals surface area contributed by atoms with Crippen LogP contribution in [0.3, 0.4) is 0 Å². The number of benzene rings is 1. The Bertz CT molecular complexity index is 1330. The maximum absolute atomic E-state index is 14.0. The average Bonchev–Trinajstić information content (AvgIpc) is 2.94. The molecule has 0 radical (unpaired) electrons. The highest BCUT2D eigenvalue weighted by atomic mass is 19.4. The predicted molar refractivity (Wildman–Crippen MR) is 149 cm³/mol. The molecule has 2 aliphatic rings. The molecule has 0 aliphatic carbocycles. The fourth-order valence-electron chi connectivity index (χ4n) is 5.18. The van der Waals surface area contributed by atoms with Gasteiger partial charge in [0.05, 0.1) is 28.8 Å². The van der Waals surface area contributed by atoms with Crippen LogP contribution < -0.4 is 26.6 Å². The maximum atomic E-state index is 14.0. The molecule has 5 rings (SSSR count). The summed E-state index contributed by atoms with van der Waals surface area (Å²) >= 11 is 0. The van der Waals surface area contributed by atoms with Crippen LogP contribution in [0, 0.1) is 0 Å². The van der Waals surface area contributed by atoms with Gasteiger partial charge >= 0.3 is 6.18 Å². The summed E-state index contributed by atoms with van der Waals surface area (Å²) in [5.41, 5.74) is 13.5. The fourth-order valence-corrected chi connectivity index (χ4v) is 5.18. The molecule has 2 fully saturated rings. The average molecular weight is 539 g/mol. The van der Waals surface area contributed by atoms with Crippen LogP contribution in [0.2, 0.25) is 0 Å². The highest BCUT2D eigenvalue weighted by Crippen LogP contribution is 2.39. The number of aromatic nitrogens is 3. The van der Waals surface area contributed by atoms with Gasteiger partial charge in [-0.1, -0.05) is 6.58 Å². The van der Waals surface area contributed by atoms with E-state index in [1.165, 1.54) is 12.3 Å². The van der Waals surface area contributed by atoms with Crippen molar-refractivity contribution in [2.24, 2.45) is 5.73 Å². The van der Waals surface area contributed by atoms with Crippen LogP contribution in [0.25, 0.3) is 17.0 Å². The molecule has 11 heteroatoms. The Balaban J connectivity index is 1.47. The topological polar surface area (TPSA) is 109 Å². The van der Waals surface area contributed by atoms with Crippen molar-refractivity contribution in [1.29, 1.82) is 0 Å². The summed E-state index contributed by atoms with van der Waals surface area (Å²) in [5.74, 6) is 0.603. The number of pyridine rings is 1. The molecule has 0 amide bonds. The number of rotatable bonds is 6. The molecule has 3 aromatic rings. The van der Waals surface area contributed by atoms with Crippen molar-refractivity contribution in [2.75, 3.05) is 47.0 Å². The number of hydrogen-bond donors (Lipinski definition) is 3. The van der Waals surface area contributed by atoms with Crippen molar-refractivity contribution in [1.82, 2.24) is 15.0 Å². The van der Waals surface area contributed by atoms with Crippen molar-refractivity contribution in [2.45, 2.75) is 44.3 Å². The summed E-state index contributed by atoms with van der Waals surface area (Å²) in [4.78, 5) is 17.5. The lowest BCUT2D eigenvalue weighted by molar-refractivity contribution is -0.137. The monoisotopic (exact) mass is 538 g/mol. The van der Waals surface area contributed by atoms with Crippen LogP contribution >= 0.6 is 0 Å². The molecule has 8 nitrogen and oxygen atoms in total. The molecule has 39 heavy (non-hydrogen) atoms. The van der Waals surface area contributed by atoms with Crippen molar-refractivity contribution in [3.63, 3.8) is 0 Å². The lowest BCUT2D eigenvalue weighted by Gasteiger charge is -2.33.